The van der Waals surface area contributed by atoms with Crippen LogP contribution in [-0.4, -0.2) is 18.2 Å². The molecule has 1 aliphatic carbocycles. The zero-order chi connectivity index (χ0) is 13.4. The quantitative estimate of drug-likeness (QED) is 0.916. The van der Waals surface area contributed by atoms with Gasteiger partial charge in [-0.05, 0) is 41.2 Å². The minimum absolute atomic E-state index is 0.112. The van der Waals surface area contributed by atoms with Crippen molar-refractivity contribution in [2.75, 3.05) is 7.11 Å². The van der Waals surface area contributed by atoms with Gasteiger partial charge in [0.1, 0.15) is 5.75 Å². The smallest absolute Gasteiger partial charge is 0.303 e. The third-order valence-corrected chi connectivity index (χ3v) is 3.97. The Morgan fingerprint density at radius 3 is 2.95 bits per heavy atom. The van der Waals surface area contributed by atoms with Gasteiger partial charge in [0.25, 0.3) is 0 Å². The third-order valence-electron chi connectivity index (χ3n) is 3.97. The van der Waals surface area contributed by atoms with Gasteiger partial charge in [-0.2, -0.15) is 0 Å². The fraction of sp³-hybridized carbons (Fsp3) is 0.312. The minimum Gasteiger partial charge on any atom is -0.496 e. The molecule has 0 saturated carbocycles. The topological polar surface area (TPSA) is 46.5 Å². The Morgan fingerprint density at radius 1 is 1.37 bits per heavy atom. The number of methoxy groups -OCH3 is 1. The molecular weight excluding hydrogens is 240 g/mol. The molecule has 19 heavy (non-hydrogen) atoms. The molecule has 0 amide bonds. The lowest BCUT2D eigenvalue weighted by Crippen LogP contribution is -2.13. The molecule has 0 heterocycles. The lowest BCUT2D eigenvalue weighted by atomic mass is 9.79. The van der Waals surface area contributed by atoms with E-state index < -0.39 is 5.97 Å². The second-order valence-electron chi connectivity index (χ2n) is 5.03. The molecule has 1 aliphatic rings. The highest BCUT2D eigenvalue weighted by Crippen LogP contribution is 2.41. The monoisotopic (exact) mass is 256 g/mol. The van der Waals surface area contributed by atoms with Crippen LogP contribution in [0.2, 0.25) is 0 Å². The van der Waals surface area contributed by atoms with E-state index in [9.17, 15) is 4.79 Å². The lowest BCUT2D eigenvalue weighted by Gasteiger charge is -2.26. The van der Waals surface area contributed by atoms with Gasteiger partial charge < -0.3 is 9.84 Å². The van der Waals surface area contributed by atoms with E-state index in [-0.39, 0.29) is 12.3 Å². The number of aryl methyl sites for hydroxylation is 1. The number of carboxylic acids is 1. The van der Waals surface area contributed by atoms with Crippen molar-refractivity contribution in [1.29, 1.82) is 0 Å². The largest absolute Gasteiger partial charge is 0.496 e. The number of carbonyl (C=O) groups is 1. The zero-order valence-electron chi connectivity index (χ0n) is 10.8. The van der Waals surface area contributed by atoms with Crippen molar-refractivity contribution in [3.05, 3.63) is 41.5 Å². The Balaban J connectivity index is 2.22. The first-order chi connectivity index (χ1) is 9.20. The van der Waals surface area contributed by atoms with Gasteiger partial charge >= 0.3 is 5.97 Å². The van der Waals surface area contributed by atoms with Gasteiger partial charge in [-0.25, -0.2) is 0 Å². The normalized spacial score (nSPS) is 17.4. The SMILES string of the molecule is COc1ccc2cccc3c2c1CC[C@@H]3CC(=O)O. The molecule has 98 valence electrons. The summed E-state index contributed by atoms with van der Waals surface area (Å²) in [5, 5.41) is 11.4. The van der Waals surface area contributed by atoms with Crippen LogP contribution in [0.15, 0.2) is 30.3 Å². The Morgan fingerprint density at radius 2 is 2.21 bits per heavy atom. The number of ether oxygens (including phenoxy) is 1. The summed E-state index contributed by atoms with van der Waals surface area (Å²) in [6, 6.07) is 10.2. The number of hydrogen-bond acceptors (Lipinski definition) is 2. The zero-order valence-corrected chi connectivity index (χ0v) is 10.8. The van der Waals surface area contributed by atoms with E-state index in [2.05, 4.69) is 12.1 Å². The standard InChI is InChI=1S/C16H16O3/c1-19-14-8-6-10-3-2-4-12-11(9-15(17)18)5-7-13(14)16(10)12/h2-4,6,8,11H,5,7,9H2,1H3,(H,17,18)/t11-/m1/s1. The van der Waals surface area contributed by atoms with Crippen LogP contribution in [0.4, 0.5) is 0 Å². The second kappa shape index (κ2) is 4.57. The Labute approximate surface area is 111 Å². The van der Waals surface area contributed by atoms with E-state index in [1.165, 1.54) is 16.3 Å². The van der Waals surface area contributed by atoms with Gasteiger partial charge in [0.2, 0.25) is 0 Å². The molecular formula is C16H16O3. The maximum atomic E-state index is 11.0. The Bertz CT molecular complexity index is 646. The fourth-order valence-electron chi connectivity index (χ4n) is 3.14. The lowest BCUT2D eigenvalue weighted by molar-refractivity contribution is -0.137. The summed E-state index contributed by atoms with van der Waals surface area (Å²) in [7, 11) is 1.68. The molecule has 0 aromatic heterocycles. The number of aliphatic carboxylic acids is 1. The Hall–Kier alpha value is -2.03. The fourth-order valence-corrected chi connectivity index (χ4v) is 3.14. The maximum Gasteiger partial charge on any atom is 0.303 e. The second-order valence-corrected chi connectivity index (χ2v) is 5.03. The van der Waals surface area contributed by atoms with Gasteiger partial charge in [-0.15, -0.1) is 0 Å². The minimum atomic E-state index is -0.728. The van der Waals surface area contributed by atoms with Crippen molar-refractivity contribution in [3.8, 4) is 5.75 Å². The molecule has 2 aromatic carbocycles. The van der Waals surface area contributed by atoms with Crippen LogP contribution in [0.5, 0.6) is 5.75 Å². The number of carboxylic acid groups (broad SMARTS) is 1. The molecule has 0 saturated heterocycles. The first-order valence-corrected chi connectivity index (χ1v) is 6.51. The average molecular weight is 256 g/mol. The maximum absolute atomic E-state index is 11.0. The molecule has 0 spiro atoms. The van der Waals surface area contributed by atoms with E-state index in [1.54, 1.807) is 7.11 Å². The van der Waals surface area contributed by atoms with Gasteiger partial charge in [-0.3, -0.25) is 4.79 Å². The van der Waals surface area contributed by atoms with E-state index in [0.717, 1.165) is 24.2 Å². The molecule has 3 heteroatoms. The first kappa shape index (κ1) is 12.0. The summed E-state index contributed by atoms with van der Waals surface area (Å²) in [4.78, 5) is 11.0. The summed E-state index contributed by atoms with van der Waals surface area (Å²) in [6.07, 6.45) is 1.96. The van der Waals surface area contributed by atoms with Crippen molar-refractivity contribution in [2.24, 2.45) is 0 Å². The van der Waals surface area contributed by atoms with Gasteiger partial charge in [0, 0.05) is 5.56 Å². The molecule has 3 nitrogen and oxygen atoms in total. The summed E-state index contributed by atoms with van der Waals surface area (Å²) >= 11 is 0. The molecule has 0 bridgehead atoms. The molecule has 1 N–H and O–H groups in total. The van der Waals surface area contributed by atoms with Crippen molar-refractivity contribution in [2.45, 2.75) is 25.2 Å². The number of benzene rings is 2. The highest BCUT2D eigenvalue weighted by atomic mass is 16.5. The van der Waals surface area contributed by atoms with Crippen molar-refractivity contribution >= 4 is 16.7 Å². The molecule has 0 radical (unpaired) electrons. The first-order valence-electron chi connectivity index (χ1n) is 6.51. The van der Waals surface area contributed by atoms with E-state index in [4.69, 9.17) is 9.84 Å². The highest BCUT2D eigenvalue weighted by molar-refractivity contribution is 5.92. The van der Waals surface area contributed by atoms with Crippen molar-refractivity contribution in [1.82, 2.24) is 0 Å². The summed E-state index contributed by atoms with van der Waals surface area (Å²) < 4.78 is 5.43. The van der Waals surface area contributed by atoms with Crippen LogP contribution in [0.3, 0.4) is 0 Å². The average Bonchev–Trinajstić information content (AvgIpc) is 2.41. The van der Waals surface area contributed by atoms with Crippen LogP contribution >= 0.6 is 0 Å². The molecule has 2 aromatic rings. The van der Waals surface area contributed by atoms with Crippen LogP contribution in [-0.2, 0) is 11.2 Å². The third kappa shape index (κ3) is 1.95. The van der Waals surface area contributed by atoms with Crippen LogP contribution in [0.25, 0.3) is 10.8 Å². The molecule has 0 fully saturated rings. The van der Waals surface area contributed by atoms with E-state index >= 15 is 0 Å². The predicted molar refractivity (Wildman–Crippen MR) is 73.8 cm³/mol. The van der Waals surface area contributed by atoms with Crippen molar-refractivity contribution in [3.63, 3.8) is 0 Å². The summed E-state index contributed by atoms with van der Waals surface area (Å²) in [6.45, 7) is 0. The molecule has 0 unspecified atom stereocenters. The van der Waals surface area contributed by atoms with Crippen LogP contribution in [0.1, 0.15) is 29.9 Å². The molecule has 1 atom stereocenters. The van der Waals surface area contributed by atoms with Crippen molar-refractivity contribution < 1.29 is 14.6 Å². The highest BCUT2D eigenvalue weighted by Gasteiger charge is 2.25. The van der Waals surface area contributed by atoms with Gasteiger partial charge in [-0.1, -0.05) is 24.3 Å². The van der Waals surface area contributed by atoms with Gasteiger partial charge in [0.05, 0.1) is 13.5 Å². The Kier molecular flexibility index (Phi) is 2.90. The summed E-state index contributed by atoms with van der Waals surface area (Å²) in [5.74, 6) is 0.294. The van der Waals surface area contributed by atoms with Crippen LogP contribution < -0.4 is 4.74 Å². The van der Waals surface area contributed by atoms with E-state index in [1.807, 2.05) is 18.2 Å². The summed E-state index contributed by atoms with van der Waals surface area (Å²) in [5.41, 5.74) is 2.37. The van der Waals surface area contributed by atoms with E-state index in [0.29, 0.717) is 0 Å². The van der Waals surface area contributed by atoms with Crippen LogP contribution in [0, 0.1) is 0 Å². The molecule has 3 rings (SSSR count). The molecule has 0 aliphatic heterocycles. The number of hydrogen-bond donors (Lipinski definition) is 1. The number of rotatable bonds is 3. The van der Waals surface area contributed by atoms with Gasteiger partial charge in [0.15, 0.2) is 0 Å². The predicted octanol–water partition coefficient (Wildman–Crippen LogP) is 3.35.